The first-order chi connectivity index (χ1) is 19.9. The Labute approximate surface area is 253 Å². The molecule has 0 spiro atoms. The van der Waals surface area contributed by atoms with Crippen molar-refractivity contribution in [3.05, 3.63) is 70.6 Å². The Morgan fingerprint density at radius 1 is 1.05 bits per heavy atom. The summed E-state index contributed by atoms with van der Waals surface area (Å²) in [7, 11) is 3.44. The van der Waals surface area contributed by atoms with Gasteiger partial charge in [-0.25, -0.2) is 4.98 Å². The number of halogens is 1. The molecule has 0 radical (unpaired) electrons. The third-order valence-electron chi connectivity index (χ3n) is 6.78. The third-order valence-corrected chi connectivity index (χ3v) is 7.08. The minimum Gasteiger partial charge on any atom is -0.489 e. The average molecular weight is 596 g/mol. The van der Waals surface area contributed by atoms with Crippen LogP contribution in [0.1, 0.15) is 75.2 Å². The maximum atomic E-state index is 13.2. The zero-order valence-corrected chi connectivity index (χ0v) is 26.3. The summed E-state index contributed by atoms with van der Waals surface area (Å²) in [4.78, 5) is 43.4. The molecule has 0 aliphatic heterocycles. The van der Waals surface area contributed by atoms with Crippen LogP contribution in [0.4, 0.5) is 0 Å². The van der Waals surface area contributed by atoms with Crippen molar-refractivity contribution in [1.29, 1.82) is 0 Å². The van der Waals surface area contributed by atoms with E-state index >= 15 is 0 Å². The lowest BCUT2D eigenvalue weighted by molar-refractivity contribution is -0.128. The smallest absolute Gasteiger partial charge is 0.251 e. The molecule has 9 nitrogen and oxygen atoms in total. The molecule has 1 aromatic heterocycles. The quantitative estimate of drug-likeness (QED) is 0.275. The molecule has 0 bridgehead atoms. The van der Waals surface area contributed by atoms with Crippen LogP contribution in [0.2, 0.25) is 5.02 Å². The van der Waals surface area contributed by atoms with Crippen molar-refractivity contribution < 1.29 is 19.1 Å². The lowest BCUT2D eigenvalue weighted by atomic mass is 9.99. The van der Waals surface area contributed by atoms with E-state index < -0.39 is 0 Å². The Morgan fingerprint density at radius 2 is 1.74 bits per heavy atom. The van der Waals surface area contributed by atoms with Crippen molar-refractivity contribution in [3.63, 3.8) is 0 Å². The number of hydrogen-bond donors (Lipinski definition) is 2. The van der Waals surface area contributed by atoms with Crippen LogP contribution in [-0.2, 0) is 22.6 Å². The summed E-state index contributed by atoms with van der Waals surface area (Å²) in [6.07, 6.45) is 3.29. The first-order valence-electron chi connectivity index (χ1n) is 14.3. The second kappa shape index (κ2) is 14.9. The number of nitrogens with zero attached hydrogens (tertiary/aromatic N) is 3. The molecular formula is C32H42ClN5O4. The van der Waals surface area contributed by atoms with E-state index in [9.17, 15) is 14.4 Å². The van der Waals surface area contributed by atoms with Crippen LogP contribution in [-0.4, -0.2) is 58.4 Å². The van der Waals surface area contributed by atoms with Crippen LogP contribution in [0.3, 0.4) is 0 Å². The second-order valence-corrected chi connectivity index (χ2v) is 11.3. The number of amides is 3. The van der Waals surface area contributed by atoms with Gasteiger partial charge in [0.25, 0.3) is 5.91 Å². The SMILES string of the molecule is CCn1cc(-c2ccc(C[C@@H](CCC(=O)N(C)C)NC(=O)c3ccc(OC(C)C)c(Cl)c3)cc2)nc1[C@@H](C)NC(C)=O. The van der Waals surface area contributed by atoms with Gasteiger partial charge in [-0.05, 0) is 64.3 Å². The monoisotopic (exact) mass is 595 g/mol. The van der Waals surface area contributed by atoms with E-state index in [1.165, 1.54) is 6.92 Å². The first kappa shape index (κ1) is 32.7. The molecular weight excluding hydrogens is 554 g/mol. The summed E-state index contributed by atoms with van der Waals surface area (Å²) >= 11 is 6.37. The van der Waals surface area contributed by atoms with Gasteiger partial charge in [-0.15, -0.1) is 0 Å². The molecule has 3 rings (SSSR count). The van der Waals surface area contributed by atoms with E-state index in [-0.39, 0.29) is 35.9 Å². The second-order valence-electron chi connectivity index (χ2n) is 10.9. The third kappa shape index (κ3) is 9.08. The van der Waals surface area contributed by atoms with Crippen LogP contribution in [0.5, 0.6) is 5.75 Å². The fourth-order valence-electron chi connectivity index (χ4n) is 4.64. The number of aromatic nitrogens is 2. The van der Waals surface area contributed by atoms with Gasteiger partial charge in [0.1, 0.15) is 11.6 Å². The molecule has 3 amide bonds. The Kier molecular flexibility index (Phi) is 11.6. The molecule has 0 fully saturated rings. The van der Waals surface area contributed by atoms with Gasteiger partial charge in [0.2, 0.25) is 11.8 Å². The first-order valence-corrected chi connectivity index (χ1v) is 14.7. The summed E-state index contributed by atoms with van der Waals surface area (Å²) in [5.41, 5.74) is 3.20. The van der Waals surface area contributed by atoms with E-state index in [4.69, 9.17) is 21.3 Å². The van der Waals surface area contributed by atoms with Crippen LogP contribution in [0, 0.1) is 0 Å². The predicted molar refractivity (Wildman–Crippen MR) is 166 cm³/mol. The van der Waals surface area contributed by atoms with Gasteiger partial charge in [0.15, 0.2) is 0 Å². The molecule has 2 aromatic carbocycles. The molecule has 0 saturated carbocycles. The molecule has 0 aliphatic rings. The number of benzene rings is 2. The summed E-state index contributed by atoms with van der Waals surface area (Å²) in [5.74, 6) is 0.950. The fraction of sp³-hybridized carbons (Fsp3) is 0.438. The standard InChI is InChI=1S/C32H42ClN5O4/c1-8-38-19-28(36-31(38)21(4)34-22(5)39)24-11-9-23(10-12-24)17-26(14-16-30(40)37(6)7)35-32(41)25-13-15-29(27(33)18-25)42-20(2)3/h9-13,15,18-21,26H,8,14,16-17H2,1-7H3,(H,34,39)(H,35,41)/t21-,26-/m1/s1. The van der Waals surface area contributed by atoms with Crippen LogP contribution in [0.25, 0.3) is 11.3 Å². The van der Waals surface area contributed by atoms with Crippen molar-refractivity contribution in [2.45, 2.75) is 78.6 Å². The highest BCUT2D eigenvalue weighted by Gasteiger charge is 2.19. The maximum Gasteiger partial charge on any atom is 0.251 e. The number of rotatable bonds is 13. The Balaban J connectivity index is 1.77. The Bertz CT molecular complexity index is 1380. The molecule has 10 heteroatoms. The van der Waals surface area contributed by atoms with Gasteiger partial charge < -0.3 is 24.8 Å². The van der Waals surface area contributed by atoms with E-state index in [1.807, 2.05) is 62.7 Å². The van der Waals surface area contributed by atoms with Crippen molar-refractivity contribution in [2.75, 3.05) is 14.1 Å². The zero-order valence-electron chi connectivity index (χ0n) is 25.5. The van der Waals surface area contributed by atoms with Crippen LogP contribution in [0.15, 0.2) is 48.7 Å². The number of aryl methyl sites for hydroxylation is 1. The molecule has 1 heterocycles. The molecule has 226 valence electrons. The number of carbonyl (C=O) groups is 3. The number of nitrogens with one attached hydrogen (secondary N) is 2. The Hall–Kier alpha value is -3.85. The fourth-order valence-corrected chi connectivity index (χ4v) is 4.87. The maximum absolute atomic E-state index is 13.2. The molecule has 2 atom stereocenters. The largest absolute Gasteiger partial charge is 0.489 e. The van der Waals surface area contributed by atoms with Gasteiger partial charge in [-0.3, -0.25) is 14.4 Å². The Morgan fingerprint density at radius 3 is 2.31 bits per heavy atom. The van der Waals surface area contributed by atoms with Gasteiger partial charge in [0, 0.05) is 57.4 Å². The minimum atomic E-state index is -0.276. The summed E-state index contributed by atoms with van der Waals surface area (Å²) in [6, 6.07) is 12.5. The minimum absolute atomic E-state index is 0.00126. The van der Waals surface area contributed by atoms with Crippen molar-refractivity contribution in [1.82, 2.24) is 25.1 Å². The predicted octanol–water partition coefficient (Wildman–Crippen LogP) is 5.42. The van der Waals surface area contributed by atoms with Crippen molar-refractivity contribution in [2.24, 2.45) is 0 Å². The number of imidazole rings is 1. The number of carbonyl (C=O) groups excluding carboxylic acids is 3. The van der Waals surface area contributed by atoms with Crippen molar-refractivity contribution >= 4 is 29.3 Å². The molecule has 2 N–H and O–H groups in total. The van der Waals surface area contributed by atoms with Gasteiger partial charge in [-0.2, -0.15) is 0 Å². The lowest BCUT2D eigenvalue weighted by Gasteiger charge is -2.20. The molecule has 0 saturated heterocycles. The van der Waals surface area contributed by atoms with Gasteiger partial charge >= 0.3 is 0 Å². The number of hydrogen-bond acceptors (Lipinski definition) is 5. The molecule has 3 aromatic rings. The zero-order chi connectivity index (χ0) is 31.0. The highest BCUT2D eigenvalue weighted by Crippen LogP contribution is 2.27. The van der Waals surface area contributed by atoms with E-state index in [0.29, 0.717) is 35.6 Å². The molecule has 0 unspecified atom stereocenters. The number of ether oxygens (including phenoxy) is 1. The highest BCUT2D eigenvalue weighted by atomic mass is 35.5. The van der Waals surface area contributed by atoms with Crippen LogP contribution >= 0.6 is 11.6 Å². The van der Waals surface area contributed by atoms with E-state index in [2.05, 4.69) is 10.6 Å². The topological polar surface area (TPSA) is 106 Å². The summed E-state index contributed by atoms with van der Waals surface area (Å²) in [5, 5.41) is 6.36. The lowest BCUT2D eigenvalue weighted by Crippen LogP contribution is -2.37. The van der Waals surface area contributed by atoms with E-state index in [1.54, 1.807) is 37.2 Å². The molecule has 42 heavy (non-hydrogen) atoms. The van der Waals surface area contributed by atoms with Gasteiger partial charge in [-0.1, -0.05) is 35.9 Å². The van der Waals surface area contributed by atoms with E-state index in [0.717, 1.165) is 29.2 Å². The summed E-state index contributed by atoms with van der Waals surface area (Å²) in [6.45, 7) is 10.0. The summed E-state index contributed by atoms with van der Waals surface area (Å²) < 4.78 is 7.71. The highest BCUT2D eigenvalue weighted by molar-refractivity contribution is 6.32. The molecule has 0 aliphatic carbocycles. The normalized spacial score (nSPS) is 12.5. The average Bonchev–Trinajstić information content (AvgIpc) is 3.37. The van der Waals surface area contributed by atoms with Crippen molar-refractivity contribution in [3.8, 4) is 17.0 Å². The van der Waals surface area contributed by atoms with Gasteiger partial charge in [0.05, 0.1) is 22.9 Å². The van der Waals surface area contributed by atoms with Crippen LogP contribution < -0.4 is 15.4 Å².